The van der Waals surface area contributed by atoms with Crippen molar-refractivity contribution in [2.45, 2.75) is 11.4 Å². The van der Waals surface area contributed by atoms with Gasteiger partial charge in [0.15, 0.2) is 0 Å². The van der Waals surface area contributed by atoms with Crippen LogP contribution in [0.2, 0.25) is 0 Å². The number of sulfonamides is 1. The average Bonchev–Trinajstić information content (AvgIpc) is 2.75. The summed E-state index contributed by atoms with van der Waals surface area (Å²) in [6.45, 7) is 4.49. The van der Waals surface area contributed by atoms with Crippen LogP contribution in [0.4, 0.5) is 0 Å². The van der Waals surface area contributed by atoms with Crippen molar-refractivity contribution in [1.82, 2.24) is 14.5 Å². The van der Waals surface area contributed by atoms with Crippen molar-refractivity contribution >= 4 is 15.9 Å². The number of morpholine rings is 1. The predicted molar refractivity (Wildman–Crippen MR) is 108 cm³/mol. The highest BCUT2D eigenvalue weighted by atomic mass is 32.2. The molecule has 9 nitrogen and oxygen atoms in total. The maximum absolute atomic E-state index is 12.6. The van der Waals surface area contributed by atoms with Crippen LogP contribution < -0.4 is 5.32 Å². The van der Waals surface area contributed by atoms with Gasteiger partial charge in [-0.3, -0.25) is 9.69 Å². The summed E-state index contributed by atoms with van der Waals surface area (Å²) in [4.78, 5) is 14.4. The van der Waals surface area contributed by atoms with Gasteiger partial charge in [-0.15, -0.1) is 0 Å². The first-order valence-electron chi connectivity index (χ1n) is 9.61. The second-order valence-electron chi connectivity index (χ2n) is 6.70. The summed E-state index contributed by atoms with van der Waals surface area (Å²) in [5.41, 5.74) is 0.833. The Morgan fingerprint density at radius 3 is 2.24 bits per heavy atom. The number of benzene rings is 1. The standard InChI is InChI=1S/C19H31N3O6S/c1-26-11-7-21(8-12-27-2)16-19(23)20-15-17-3-5-18(6-4-17)29(24,25)22-9-13-28-14-10-22/h3-6H,7-16H2,1-2H3,(H,20,23). The highest BCUT2D eigenvalue weighted by molar-refractivity contribution is 7.89. The summed E-state index contributed by atoms with van der Waals surface area (Å²) < 4.78 is 42.1. The third-order valence-electron chi connectivity index (χ3n) is 4.61. The van der Waals surface area contributed by atoms with Crippen molar-refractivity contribution in [3.63, 3.8) is 0 Å². The molecule has 10 heteroatoms. The number of rotatable bonds is 12. The van der Waals surface area contributed by atoms with Gasteiger partial charge in [0, 0.05) is 46.9 Å². The molecule has 1 heterocycles. The zero-order valence-corrected chi connectivity index (χ0v) is 17.9. The van der Waals surface area contributed by atoms with E-state index in [1.165, 1.54) is 4.31 Å². The summed E-state index contributed by atoms with van der Waals surface area (Å²) >= 11 is 0. The van der Waals surface area contributed by atoms with Crippen LogP contribution in [-0.4, -0.2) is 96.9 Å². The zero-order valence-electron chi connectivity index (χ0n) is 17.1. The summed E-state index contributed by atoms with van der Waals surface area (Å²) in [5, 5.41) is 2.87. The molecule has 1 aromatic carbocycles. The second kappa shape index (κ2) is 12.2. The molecular formula is C19H31N3O6S. The summed E-state index contributed by atoms with van der Waals surface area (Å²) in [5.74, 6) is -0.109. The SMILES string of the molecule is COCCN(CCOC)CC(=O)NCc1ccc(S(=O)(=O)N2CCOCC2)cc1. The largest absolute Gasteiger partial charge is 0.383 e. The lowest BCUT2D eigenvalue weighted by atomic mass is 10.2. The first kappa shape index (κ1) is 23.7. The normalized spacial score (nSPS) is 15.6. The van der Waals surface area contributed by atoms with Crippen LogP contribution in [0.3, 0.4) is 0 Å². The van der Waals surface area contributed by atoms with Gasteiger partial charge in [-0.1, -0.05) is 12.1 Å². The summed E-state index contributed by atoms with van der Waals surface area (Å²) in [6, 6.07) is 6.61. The Kier molecular flexibility index (Phi) is 9.98. The molecule has 1 amide bonds. The first-order valence-corrected chi connectivity index (χ1v) is 11.0. The van der Waals surface area contributed by atoms with Crippen LogP contribution in [0, 0.1) is 0 Å². The lowest BCUT2D eigenvalue weighted by Gasteiger charge is -2.26. The molecular weight excluding hydrogens is 398 g/mol. The number of methoxy groups -OCH3 is 2. The molecule has 164 valence electrons. The van der Waals surface area contributed by atoms with Crippen molar-refractivity contribution in [2.24, 2.45) is 0 Å². The molecule has 0 saturated carbocycles. The van der Waals surface area contributed by atoms with Crippen molar-refractivity contribution in [3.05, 3.63) is 29.8 Å². The van der Waals surface area contributed by atoms with Gasteiger partial charge in [-0.25, -0.2) is 8.42 Å². The molecule has 1 aromatic rings. The third-order valence-corrected chi connectivity index (χ3v) is 6.52. The van der Waals surface area contributed by atoms with Crippen molar-refractivity contribution in [1.29, 1.82) is 0 Å². The van der Waals surface area contributed by atoms with Gasteiger partial charge in [-0.05, 0) is 17.7 Å². The average molecular weight is 430 g/mol. The van der Waals surface area contributed by atoms with Gasteiger partial charge < -0.3 is 19.5 Å². The number of amides is 1. The van der Waals surface area contributed by atoms with Gasteiger partial charge in [0.1, 0.15) is 0 Å². The molecule has 1 aliphatic rings. The van der Waals surface area contributed by atoms with E-state index in [9.17, 15) is 13.2 Å². The number of nitrogens with one attached hydrogen (secondary N) is 1. The molecule has 0 aromatic heterocycles. The van der Waals surface area contributed by atoms with Crippen LogP contribution in [-0.2, 0) is 35.6 Å². The Labute approximate surface area is 173 Å². The Balaban J connectivity index is 1.86. The van der Waals surface area contributed by atoms with Crippen LogP contribution in [0.1, 0.15) is 5.56 Å². The fraction of sp³-hybridized carbons (Fsp3) is 0.632. The van der Waals surface area contributed by atoms with Crippen LogP contribution >= 0.6 is 0 Å². The monoisotopic (exact) mass is 429 g/mol. The molecule has 1 aliphatic heterocycles. The number of ether oxygens (including phenoxy) is 3. The zero-order chi connectivity index (χ0) is 21.1. The lowest BCUT2D eigenvalue weighted by molar-refractivity contribution is -0.122. The molecule has 2 rings (SSSR count). The Morgan fingerprint density at radius 1 is 1.10 bits per heavy atom. The Hall–Kier alpha value is -1.56. The van der Waals surface area contributed by atoms with Gasteiger partial charge in [0.2, 0.25) is 15.9 Å². The number of nitrogens with zero attached hydrogens (tertiary/aromatic N) is 2. The van der Waals surface area contributed by atoms with Crippen LogP contribution in [0.5, 0.6) is 0 Å². The first-order chi connectivity index (χ1) is 14.0. The fourth-order valence-corrected chi connectivity index (χ4v) is 4.29. The third kappa shape index (κ3) is 7.65. The Morgan fingerprint density at radius 2 is 1.69 bits per heavy atom. The van der Waals surface area contributed by atoms with Crippen LogP contribution in [0.15, 0.2) is 29.2 Å². The lowest BCUT2D eigenvalue weighted by Crippen LogP contribution is -2.40. The van der Waals surface area contributed by atoms with E-state index in [0.29, 0.717) is 59.2 Å². The highest BCUT2D eigenvalue weighted by Gasteiger charge is 2.26. The number of hydrogen-bond acceptors (Lipinski definition) is 7. The minimum Gasteiger partial charge on any atom is -0.383 e. The molecule has 0 atom stereocenters. The molecule has 29 heavy (non-hydrogen) atoms. The molecule has 0 bridgehead atoms. The van der Waals surface area contributed by atoms with E-state index in [1.54, 1.807) is 38.5 Å². The minimum atomic E-state index is -3.51. The van der Waals surface area contributed by atoms with E-state index in [0.717, 1.165) is 5.56 Å². The topological polar surface area (TPSA) is 97.4 Å². The fourth-order valence-electron chi connectivity index (χ4n) is 2.89. The van der Waals surface area contributed by atoms with Crippen molar-refractivity contribution < 1.29 is 27.4 Å². The van der Waals surface area contributed by atoms with Gasteiger partial charge in [0.25, 0.3) is 0 Å². The molecule has 0 unspecified atom stereocenters. The molecule has 1 N–H and O–H groups in total. The van der Waals surface area contributed by atoms with Crippen molar-refractivity contribution in [3.8, 4) is 0 Å². The smallest absolute Gasteiger partial charge is 0.243 e. The molecule has 1 saturated heterocycles. The molecule has 1 fully saturated rings. The van der Waals surface area contributed by atoms with Gasteiger partial charge in [-0.2, -0.15) is 4.31 Å². The van der Waals surface area contributed by atoms with E-state index in [4.69, 9.17) is 14.2 Å². The molecule has 0 spiro atoms. The molecule has 0 aliphatic carbocycles. The van der Waals surface area contributed by atoms with E-state index >= 15 is 0 Å². The van der Waals surface area contributed by atoms with Crippen molar-refractivity contribution in [2.75, 3.05) is 73.4 Å². The van der Waals surface area contributed by atoms with E-state index in [-0.39, 0.29) is 17.3 Å². The van der Waals surface area contributed by atoms with Gasteiger partial charge >= 0.3 is 0 Å². The minimum absolute atomic E-state index is 0.109. The maximum atomic E-state index is 12.6. The summed E-state index contributed by atoms with van der Waals surface area (Å²) in [7, 11) is -0.263. The second-order valence-corrected chi connectivity index (χ2v) is 8.64. The van der Waals surface area contributed by atoms with Gasteiger partial charge in [0.05, 0.1) is 37.9 Å². The van der Waals surface area contributed by atoms with E-state index < -0.39 is 10.0 Å². The maximum Gasteiger partial charge on any atom is 0.243 e. The Bertz CT molecular complexity index is 712. The number of hydrogen-bond donors (Lipinski definition) is 1. The number of carbonyl (C=O) groups excluding carboxylic acids is 1. The highest BCUT2D eigenvalue weighted by Crippen LogP contribution is 2.17. The van der Waals surface area contributed by atoms with Crippen LogP contribution in [0.25, 0.3) is 0 Å². The van der Waals surface area contributed by atoms with E-state index in [2.05, 4.69) is 5.32 Å². The molecule has 0 radical (unpaired) electrons. The number of carbonyl (C=O) groups is 1. The summed E-state index contributed by atoms with van der Waals surface area (Å²) in [6.07, 6.45) is 0. The predicted octanol–water partition coefficient (Wildman–Crippen LogP) is -0.0815. The van der Waals surface area contributed by atoms with E-state index in [1.807, 2.05) is 4.90 Å². The quantitative estimate of drug-likeness (QED) is 0.496.